The van der Waals surface area contributed by atoms with Crippen molar-refractivity contribution in [2.45, 2.75) is 0 Å². The van der Waals surface area contributed by atoms with Gasteiger partial charge in [-0.3, -0.25) is 0 Å². The molecule has 0 saturated heterocycles. The molecule has 7 heteroatoms. The summed E-state index contributed by atoms with van der Waals surface area (Å²) in [5, 5.41) is -0.778. The minimum Gasteiger partial charge on any atom is -0.807 e. The molecule has 1 rings (SSSR count). The first-order valence-electron chi connectivity index (χ1n) is 2.79. The Morgan fingerprint density at radius 1 is 1.15 bits per heavy atom. The Morgan fingerprint density at radius 3 is 1.92 bits per heavy atom. The van der Waals surface area contributed by atoms with E-state index in [2.05, 4.69) is 0 Å². The summed E-state index contributed by atoms with van der Waals surface area (Å²) in [4.78, 5) is 20.6. The topological polar surface area (TPSA) is 63.2 Å². The number of hydrogen-bond donors (Lipinski definition) is 0. The second-order valence-corrected chi connectivity index (χ2v) is 3.43. The normalized spacial score (nSPS) is 9.77. The van der Waals surface area contributed by atoms with E-state index in [-0.39, 0.29) is 37.7 Å². The van der Waals surface area contributed by atoms with Crippen molar-refractivity contribution in [2.24, 2.45) is 0 Å². The summed E-state index contributed by atoms with van der Waals surface area (Å²) in [5.41, 5.74) is 0. The van der Waals surface area contributed by atoms with Crippen LogP contribution in [-0.2, 0) is 4.57 Å². The van der Waals surface area contributed by atoms with Crippen molar-refractivity contribution in [3.8, 4) is 0 Å². The molecule has 0 aliphatic heterocycles. The second-order valence-electron chi connectivity index (χ2n) is 1.95. The van der Waals surface area contributed by atoms with Crippen molar-refractivity contribution in [3.05, 3.63) is 30.1 Å². The Hall–Kier alpha value is 0.495. The predicted octanol–water partition coefficient (Wildman–Crippen LogP) is -6.63. The van der Waals surface area contributed by atoms with E-state index in [1.165, 1.54) is 12.1 Å². The van der Waals surface area contributed by atoms with Crippen molar-refractivity contribution >= 4 is 12.9 Å². The molecule has 0 radical (unpaired) electrons. The molecule has 0 atom stereocenters. The van der Waals surface area contributed by atoms with Gasteiger partial charge in [0.15, 0.2) is 0 Å². The van der Waals surface area contributed by atoms with Crippen LogP contribution in [0.25, 0.3) is 0 Å². The molecule has 13 heavy (non-hydrogen) atoms. The summed E-state index contributed by atoms with van der Waals surface area (Å²) in [7, 11) is -4.93. The summed E-state index contributed by atoms with van der Waals surface area (Å²) in [6.07, 6.45) is 0. The van der Waals surface area contributed by atoms with Crippen molar-refractivity contribution in [1.29, 1.82) is 0 Å². The fraction of sp³-hybridized carbons (Fsp3) is 0. The van der Waals surface area contributed by atoms with Gasteiger partial charge < -0.3 is 14.4 Å². The fourth-order valence-corrected chi connectivity index (χ4v) is 1.28. The number of benzene rings is 1. The van der Waals surface area contributed by atoms with Crippen LogP contribution in [-0.4, -0.2) is 0 Å². The van der Waals surface area contributed by atoms with Gasteiger partial charge in [0.25, 0.3) is 0 Å². The van der Waals surface area contributed by atoms with E-state index in [4.69, 9.17) is 0 Å². The standard InChI is InChI=1S/C6H6FO3P.2Li/c7-5-3-1-2-4-6(5)11(8,9)10;;/h1-4H,(H2,8,9,10);;/q;2*+1/p-2. The van der Waals surface area contributed by atoms with Crippen LogP contribution in [0.5, 0.6) is 0 Å². The number of hydrogen-bond acceptors (Lipinski definition) is 3. The minimum atomic E-state index is -4.93. The van der Waals surface area contributed by atoms with Gasteiger partial charge in [0, 0.05) is 5.30 Å². The zero-order chi connectivity index (χ0) is 8.48. The summed E-state index contributed by atoms with van der Waals surface area (Å²) in [6, 6.07) is 4.48. The molecule has 0 bridgehead atoms. The van der Waals surface area contributed by atoms with Gasteiger partial charge in [-0.25, -0.2) is 4.39 Å². The first-order chi connectivity index (χ1) is 5.02. The maximum Gasteiger partial charge on any atom is 1.00 e. The van der Waals surface area contributed by atoms with Crippen LogP contribution in [0.1, 0.15) is 0 Å². The smallest absolute Gasteiger partial charge is 0.807 e. The van der Waals surface area contributed by atoms with Gasteiger partial charge in [-0.1, -0.05) is 18.2 Å². The Bertz CT molecular complexity index is 315. The molecule has 0 amide bonds. The Morgan fingerprint density at radius 2 is 1.62 bits per heavy atom. The van der Waals surface area contributed by atoms with E-state index >= 15 is 0 Å². The van der Waals surface area contributed by atoms with E-state index in [1.54, 1.807) is 0 Å². The summed E-state index contributed by atoms with van der Waals surface area (Å²) in [5.74, 6) is -0.999. The van der Waals surface area contributed by atoms with Gasteiger partial charge in [-0.2, -0.15) is 0 Å². The van der Waals surface area contributed by atoms with Gasteiger partial charge in [0.1, 0.15) is 5.82 Å². The van der Waals surface area contributed by atoms with Crippen LogP contribution in [0.4, 0.5) is 4.39 Å². The molecule has 0 aliphatic carbocycles. The Kier molecular flexibility index (Phi) is 7.44. The maximum atomic E-state index is 12.5. The maximum absolute atomic E-state index is 12.5. The van der Waals surface area contributed by atoms with Gasteiger partial charge in [-0.05, 0) is 13.7 Å². The summed E-state index contributed by atoms with van der Waals surface area (Å²) >= 11 is 0. The molecule has 0 fully saturated rings. The predicted molar refractivity (Wildman–Crippen MR) is 33.6 cm³/mol. The molecule has 0 aliphatic rings. The monoisotopic (exact) mass is 188 g/mol. The molecule has 60 valence electrons. The van der Waals surface area contributed by atoms with Crippen LogP contribution in [0, 0.1) is 5.82 Å². The second kappa shape index (κ2) is 6.07. The van der Waals surface area contributed by atoms with E-state index in [1.807, 2.05) is 0 Å². The van der Waals surface area contributed by atoms with E-state index in [0.29, 0.717) is 0 Å². The van der Waals surface area contributed by atoms with E-state index in [9.17, 15) is 18.7 Å². The molecular formula is C6H4FLi2O3P. The molecule has 1 aromatic carbocycles. The number of rotatable bonds is 1. The largest absolute Gasteiger partial charge is 1.00 e. The molecule has 0 aromatic heterocycles. The molecule has 0 heterocycles. The minimum absolute atomic E-state index is 0. The molecule has 1 aromatic rings. The van der Waals surface area contributed by atoms with Crippen LogP contribution in [0.15, 0.2) is 24.3 Å². The van der Waals surface area contributed by atoms with Gasteiger partial charge >= 0.3 is 37.7 Å². The first-order valence-corrected chi connectivity index (χ1v) is 4.33. The zero-order valence-corrected chi connectivity index (χ0v) is 8.25. The fourth-order valence-electron chi connectivity index (χ4n) is 0.674. The average Bonchev–Trinajstić information content (AvgIpc) is 1.86. The molecular weight excluding hydrogens is 184 g/mol. The Labute approximate surface area is 99.2 Å². The average molecular weight is 188 g/mol. The van der Waals surface area contributed by atoms with Crippen molar-refractivity contribution in [3.63, 3.8) is 0 Å². The quantitative estimate of drug-likeness (QED) is 0.325. The van der Waals surface area contributed by atoms with Crippen LogP contribution in [0.3, 0.4) is 0 Å². The van der Waals surface area contributed by atoms with Crippen molar-refractivity contribution < 1.29 is 56.5 Å². The summed E-state index contributed by atoms with van der Waals surface area (Å²) < 4.78 is 22.8. The van der Waals surface area contributed by atoms with Gasteiger partial charge in [0.2, 0.25) is 0 Å². The molecule has 0 unspecified atom stereocenters. The zero-order valence-electron chi connectivity index (χ0n) is 7.36. The van der Waals surface area contributed by atoms with Gasteiger partial charge in [-0.15, -0.1) is 0 Å². The Balaban J connectivity index is 0. The van der Waals surface area contributed by atoms with E-state index < -0.39 is 18.7 Å². The number of halogens is 1. The van der Waals surface area contributed by atoms with Crippen molar-refractivity contribution in [2.75, 3.05) is 0 Å². The van der Waals surface area contributed by atoms with E-state index in [0.717, 1.165) is 12.1 Å². The third kappa shape index (κ3) is 4.50. The molecule has 0 N–H and O–H groups in total. The van der Waals surface area contributed by atoms with Crippen molar-refractivity contribution in [1.82, 2.24) is 0 Å². The van der Waals surface area contributed by atoms with Gasteiger partial charge in [0.05, 0.1) is 0 Å². The molecule has 0 spiro atoms. The third-order valence-corrected chi connectivity index (χ3v) is 2.10. The molecule has 3 nitrogen and oxygen atoms in total. The van der Waals surface area contributed by atoms with Crippen LogP contribution in [0.2, 0.25) is 0 Å². The van der Waals surface area contributed by atoms with Crippen LogP contribution >= 0.6 is 7.60 Å². The molecule has 0 saturated carbocycles. The third-order valence-electron chi connectivity index (χ3n) is 1.15. The SMILES string of the molecule is O=P([O-])([O-])c1ccccc1F.[Li+].[Li+]. The first kappa shape index (κ1) is 15.9. The van der Waals surface area contributed by atoms with Crippen LogP contribution < -0.4 is 52.8 Å². The summed E-state index contributed by atoms with van der Waals surface area (Å²) in [6.45, 7) is 0.